The summed E-state index contributed by atoms with van der Waals surface area (Å²) in [6.07, 6.45) is 0. The SMILES string of the molecule is CN(C(=O)N(C)c1cc(C(=O)O)cc(N(C)C(=O)N(C)c2ccc(C3=NCCN3)cc2)c1)c1ccc(C2=NCCN2)cc1. The molecule has 0 saturated heterocycles. The Balaban J connectivity index is 1.34. The van der Waals surface area contributed by atoms with Crippen molar-refractivity contribution in [2.75, 3.05) is 74.0 Å². The number of nitrogens with one attached hydrogen (secondary N) is 2. The molecular formula is C31H34N8O4. The molecule has 3 N–H and O–H groups in total. The Hall–Kier alpha value is -5.39. The Morgan fingerprint density at radius 1 is 0.605 bits per heavy atom. The van der Waals surface area contributed by atoms with Gasteiger partial charge in [-0.15, -0.1) is 0 Å². The van der Waals surface area contributed by atoms with E-state index in [4.69, 9.17) is 0 Å². The molecule has 0 aliphatic carbocycles. The monoisotopic (exact) mass is 582 g/mol. The van der Waals surface area contributed by atoms with E-state index < -0.39 is 5.97 Å². The Labute approximate surface area is 249 Å². The lowest BCUT2D eigenvalue weighted by molar-refractivity contribution is 0.0697. The van der Waals surface area contributed by atoms with Crippen LogP contribution in [0.1, 0.15) is 21.5 Å². The van der Waals surface area contributed by atoms with Gasteiger partial charge in [-0.05, 0) is 66.7 Å². The van der Waals surface area contributed by atoms with E-state index in [1.165, 1.54) is 31.7 Å². The van der Waals surface area contributed by atoms with Crippen molar-refractivity contribution in [2.45, 2.75) is 0 Å². The maximum atomic E-state index is 13.5. The first-order chi connectivity index (χ1) is 20.6. The van der Waals surface area contributed by atoms with Crippen LogP contribution < -0.4 is 30.2 Å². The number of rotatable bonds is 7. The molecule has 43 heavy (non-hydrogen) atoms. The number of anilines is 4. The molecule has 222 valence electrons. The molecule has 5 rings (SSSR count). The van der Waals surface area contributed by atoms with Gasteiger partial charge >= 0.3 is 18.0 Å². The molecule has 0 spiro atoms. The zero-order valence-electron chi connectivity index (χ0n) is 24.5. The van der Waals surface area contributed by atoms with Crippen LogP contribution in [0.3, 0.4) is 0 Å². The van der Waals surface area contributed by atoms with Gasteiger partial charge in [0.2, 0.25) is 0 Å². The first-order valence-corrected chi connectivity index (χ1v) is 13.8. The highest BCUT2D eigenvalue weighted by Gasteiger charge is 2.23. The fourth-order valence-corrected chi connectivity index (χ4v) is 4.87. The van der Waals surface area contributed by atoms with Crippen molar-refractivity contribution >= 4 is 52.5 Å². The largest absolute Gasteiger partial charge is 0.478 e. The number of nitrogens with zero attached hydrogens (tertiary/aromatic N) is 6. The van der Waals surface area contributed by atoms with E-state index in [2.05, 4.69) is 20.6 Å². The molecule has 0 radical (unpaired) electrons. The molecule has 0 aromatic heterocycles. The van der Waals surface area contributed by atoms with Crippen molar-refractivity contribution in [3.05, 3.63) is 83.4 Å². The van der Waals surface area contributed by atoms with Crippen molar-refractivity contribution in [2.24, 2.45) is 9.98 Å². The van der Waals surface area contributed by atoms with Gasteiger partial charge in [-0.2, -0.15) is 0 Å². The third-order valence-corrected chi connectivity index (χ3v) is 7.48. The molecule has 2 aliphatic heterocycles. The smallest absolute Gasteiger partial charge is 0.335 e. The van der Waals surface area contributed by atoms with Crippen LogP contribution in [0.25, 0.3) is 0 Å². The Morgan fingerprint density at radius 2 is 0.977 bits per heavy atom. The average Bonchev–Trinajstić information content (AvgIpc) is 3.78. The van der Waals surface area contributed by atoms with Crippen LogP contribution in [0.5, 0.6) is 0 Å². The summed E-state index contributed by atoms with van der Waals surface area (Å²) in [5, 5.41) is 16.3. The van der Waals surface area contributed by atoms with Gasteiger partial charge in [0, 0.05) is 75.2 Å². The quantitative estimate of drug-likeness (QED) is 0.391. The van der Waals surface area contributed by atoms with E-state index in [9.17, 15) is 19.5 Å². The number of amidine groups is 2. The van der Waals surface area contributed by atoms with E-state index in [0.29, 0.717) is 22.7 Å². The predicted octanol–water partition coefficient (Wildman–Crippen LogP) is 3.47. The Morgan fingerprint density at radius 3 is 1.30 bits per heavy atom. The second-order valence-corrected chi connectivity index (χ2v) is 10.3. The van der Waals surface area contributed by atoms with Gasteiger partial charge in [0.05, 0.1) is 18.7 Å². The van der Waals surface area contributed by atoms with Gasteiger partial charge in [0.15, 0.2) is 0 Å². The number of aliphatic imine (C=N–C) groups is 2. The maximum absolute atomic E-state index is 13.5. The number of carbonyl (C=O) groups is 3. The van der Waals surface area contributed by atoms with Crippen molar-refractivity contribution < 1.29 is 19.5 Å². The Kier molecular flexibility index (Phi) is 8.28. The van der Waals surface area contributed by atoms with Crippen LogP contribution in [-0.4, -0.2) is 89.2 Å². The second kappa shape index (κ2) is 12.2. The number of amides is 4. The third kappa shape index (κ3) is 6.13. The molecular weight excluding hydrogens is 548 g/mol. The highest BCUT2D eigenvalue weighted by atomic mass is 16.4. The van der Waals surface area contributed by atoms with Crippen LogP contribution in [0.15, 0.2) is 76.7 Å². The number of carboxylic acid groups (broad SMARTS) is 1. The van der Waals surface area contributed by atoms with Crippen molar-refractivity contribution in [1.82, 2.24) is 10.6 Å². The maximum Gasteiger partial charge on any atom is 0.335 e. The molecule has 12 nitrogen and oxygen atoms in total. The van der Waals surface area contributed by atoms with Gasteiger partial charge < -0.3 is 15.7 Å². The molecule has 0 unspecified atom stereocenters. The fraction of sp³-hybridized carbons (Fsp3) is 0.258. The number of benzene rings is 3. The molecule has 0 fully saturated rings. The summed E-state index contributed by atoms with van der Waals surface area (Å²) in [7, 11) is 6.42. The first-order valence-electron chi connectivity index (χ1n) is 13.8. The number of urea groups is 2. The Bertz CT molecular complexity index is 1490. The zero-order valence-corrected chi connectivity index (χ0v) is 24.5. The van der Waals surface area contributed by atoms with E-state index >= 15 is 0 Å². The van der Waals surface area contributed by atoms with Crippen LogP contribution in [0.4, 0.5) is 32.3 Å². The lowest BCUT2D eigenvalue weighted by Gasteiger charge is -2.28. The van der Waals surface area contributed by atoms with E-state index in [1.54, 1.807) is 34.3 Å². The van der Waals surface area contributed by atoms with E-state index in [0.717, 1.165) is 49.0 Å². The lowest BCUT2D eigenvalue weighted by atomic mass is 10.1. The molecule has 4 amide bonds. The minimum absolute atomic E-state index is 0.0551. The molecule has 3 aromatic rings. The summed E-state index contributed by atoms with van der Waals surface area (Å²) in [6.45, 7) is 3.07. The minimum atomic E-state index is -1.18. The molecule has 0 bridgehead atoms. The highest BCUT2D eigenvalue weighted by Crippen LogP contribution is 2.28. The summed E-state index contributed by atoms with van der Waals surface area (Å²) in [5.74, 6) is 0.478. The predicted molar refractivity (Wildman–Crippen MR) is 170 cm³/mol. The number of aromatic carboxylic acids is 1. The molecule has 2 aliphatic rings. The number of carboxylic acids is 1. The number of hydrogen-bond donors (Lipinski definition) is 3. The summed E-state index contributed by atoms with van der Waals surface area (Å²) < 4.78 is 0. The zero-order chi connectivity index (χ0) is 30.7. The van der Waals surface area contributed by atoms with Gasteiger partial charge in [-0.25, -0.2) is 14.4 Å². The van der Waals surface area contributed by atoms with E-state index in [-0.39, 0.29) is 17.6 Å². The molecule has 12 heteroatoms. The van der Waals surface area contributed by atoms with Gasteiger partial charge in [0.25, 0.3) is 0 Å². The normalized spacial score (nSPS) is 13.8. The summed E-state index contributed by atoms with van der Waals surface area (Å²) >= 11 is 0. The van der Waals surface area contributed by atoms with E-state index in [1.807, 2.05) is 48.5 Å². The lowest BCUT2D eigenvalue weighted by Crippen LogP contribution is -2.40. The van der Waals surface area contributed by atoms with Crippen molar-refractivity contribution in [3.63, 3.8) is 0 Å². The number of carbonyl (C=O) groups excluding carboxylic acids is 2. The molecule has 0 atom stereocenters. The molecule has 0 saturated carbocycles. The average molecular weight is 583 g/mol. The minimum Gasteiger partial charge on any atom is -0.478 e. The van der Waals surface area contributed by atoms with Crippen LogP contribution in [-0.2, 0) is 0 Å². The molecule has 2 heterocycles. The van der Waals surface area contributed by atoms with Gasteiger partial charge in [0.1, 0.15) is 11.7 Å². The fourth-order valence-electron chi connectivity index (χ4n) is 4.87. The highest BCUT2D eigenvalue weighted by molar-refractivity contribution is 6.07. The third-order valence-electron chi connectivity index (χ3n) is 7.48. The van der Waals surface area contributed by atoms with Gasteiger partial charge in [-0.1, -0.05) is 0 Å². The second-order valence-electron chi connectivity index (χ2n) is 10.3. The summed E-state index contributed by atoms with van der Waals surface area (Å²) in [6, 6.07) is 18.5. The van der Waals surface area contributed by atoms with Crippen molar-refractivity contribution in [1.29, 1.82) is 0 Å². The summed E-state index contributed by atoms with van der Waals surface area (Å²) in [5.41, 5.74) is 3.77. The first kappa shape index (κ1) is 29.1. The van der Waals surface area contributed by atoms with Crippen LogP contribution in [0.2, 0.25) is 0 Å². The molecule has 3 aromatic carbocycles. The van der Waals surface area contributed by atoms with Crippen LogP contribution in [0, 0.1) is 0 Å². The topological polar surface area (TPSA) is 133 Å². The van der Waals surface area contributed by atoms with Crippen LogP contribution >= 0.6 is 0 Å². The summed E-state index contributed by atoms with van der Waals surface area (Å²) in [4.78, 5) is 53.4. The number of hydrogen-bond acceptors (Lipinski definition) is 7. The standard InChI is InChI=1S/C31H34N8O4/c1-36(23-9-5-20(6-10-23)27-32-13-14-33-27)30(42)38(3)25-17-22(29(40)41)18-26(19-25)39(4)31(43)37(2)24-11-7-21(8-12-24)28-34-15-16-35-28/h5-12,17-19H,13-16H2,1-4H3,(H,32,33)(H,34,35)(H,40,41). The van der Waals surface area contributed by atoms with Gasteiger partial charge in [-0.3, -0.25) is 29.6 Å². The van der Waals surface area contributed by atoms with Crippen molar-refractivity contribution in [3.8, 4) is 0 Å².